The Morgan fingerprint density at radius 2 is 1.13 bits per heavy atom. The van der Waals surface area contributed by atoms with Crippen molar-refractivity contribution in [2.45, 2.75) is 104 Å². The molecule has 0 atom stereocenters. The lowest BCUT2D eigenvalue weighted by Gasteiger charge is -2.33. The van der Waals surface area contributed by atoms with Gasteiger partial charge in [-0.05, 0) is 60.8 Å². The fourth-order valence-corrected chi connectivity index (χ4v) is 9.60. The number of piperidine rings is 2. The van der Waals surface area contributed by atoms with Crippen LogP contribution in [0.3, 0.4) is 0 Å². The second-order valence-corrected chi connectivity index (χ2v) is 17.8. The molecule has 4 aliphatic heterocycles. The average molecular weight is 867 g/mol. The first-order valence-electron chi connectivity index (χ1n) is 20.8. The minimum atomic E-state index is -4.87. The number of carbonyl (C=O) groups excluding carboxylic acids is 4. The highest BCUT2D eigenvalue weighted by Crippen LogP contribution is 2.44. The molecule has 0 radical (unpaired) electrons. The van der Waals surface area contributed by atoms with Gasteiger partial charge in [0.1, 0.15) is 0 Å². The Bertz CT molecular complexity index is 2450. The van der Waals surface area contributed by atoms with Crippen LogP contribution in [0.4, 0.5) is 26.3 Å². The van der Waals surface area contributed by atoms with Crippen LogP contribution in [0.1, 0.15) is 131 Å². The van der Waals surface area contributed by atoms with Gasteiger partial charge in [-0.2, -0.15) is 36.5 Å². The van der Waals surface area contributed by atoms with Crippen molar-refractivity contribution in [3.05, 3.63) is 98.6 Å². The average Bonchev–Trinajstić information content (AvgIpc) is 4.01. The van der Waals surface area contributed by atoms with Crippen LogP contribution in [0, 0.1) is 5.41 Å². The maximum atomic E-state index is 15.5. The van der Waals surface area contributed by atoms with E-state index in [0.717, 1.165) is 16.4 Å². The predicted octanol–water partition coefficient (Wildman–Crippen LogP) is 7.43. The first-order chi connectivity index (χ1) is 29.1. The molecule has 4 aromatic rings. The highest BCUT2D eigenvalue weighted by atomic mass is 19.4. The van der Waals surface area contributed by atoms with E-state index in [1.54, 1.807) is 48.4 Å². The van der Waals surface area contributed by atoms with Gasteiger partial charge in [0.15, 0.2) is 11.4 Å². The summed E-state index contributed by atoms with van der Waals surface area (Å²) in [4.78, 5) is 59.9. The smallest absolute Gasteiger partial charge is 0.337 e. The van der Waals surface area contributed by atoms with Gasteiger partial charge in [-0.1, -0.05) is 51.1 Å². The molecule has 2 fully saturated rings. The fraction of sp³-hybridized carbons (Fsp3) is 0.500. The molecule has 62 heavy (non-hydrogen) atoms. The minimum absolute atomic E-state index is 0.0249. The summed E-state index contributed by atoms with van der Waals surface area (Å²) in [5.41, 5.74) is -0.425. The topological polar surface area (TPSA) is 117 Å². The number of carbonyl (C=O) groups is 4. The molecule has 0 saturated carbocycles. The van der Waals surface area contributed by atoms with E-state index < -0.39 is 46.6 Å². The molecule has 2 aromatic carbocycles. The number of hydrogen-bond acceptors (Lipinski definition) is 6. The summed E-state index contributed by atoms with van der Waals surface area (Å²) in [7, 11) is 1.71. The fourth-order valence-electron chi connectivity index (χ4n) is 9.60. The van der Waals surface area contributed by atoms with Crippen LogP contribution in [-0.4, -0.2) is 89.0 Å². The zero-order valence-electron chi connectivity index (χ0n) is 35.2. The molecule has 0 spiro atoms. The number of amides is 4. The maximum absolute atomic E-state index is 15.5. The SMILES string of the molecule is CC(=O)N1Cc2c(C(=O)N3CCC(c4cccc(-n5nc(C(=O)N6CCC(c7ccccc7C(F)(F)F)CC6)c6c5CN(C(=O)C(C)(C)C)C6)c4C(F)(F)F)CC3)nn(C)c2C1. The van der Waals surface area contributed by atoms with Crippen molar-refractivity contribution >= 4 is 23.6 Å². The second-order valence-electron chi connectivity index (χ2n) is 17.8. The summed E-state index contributed by atoms with van der Waals surface area (Å²) < 4.78 is 90.8. The van der Waals surface area contributed by atoms with Gasteiger partial charge in [0, 0.05) is 56.7 Å². The molecular weight excluding hydrogens is 819 g/mol. The molecule has 8 rings (SSSR count). The summed E-state index contributed by atoms with van der Waals surface area (Å²) in [5.74, 6) is -2.36. The number of halogens is 6. The summed E-state index contributed by atoms with van der Waals surface area (Å²) in [6.07, 6.45) is -8.48. The van der Waals surface area contributed by atoms with E-state index in [4.69, 9.17) is 0 Å². The first-order valence-corrected chi connectivity index (χ1v) is 20.8. The van der Waals surface area contributed by atoms with Crippen LogP contribution in [-0.2, 0) is 55.2 Å². The van der Waals surface area contributed by atoms with E-state index >= 15 is 13.2 Å². The summed E-state index contributed by atoms with van der Waals surface area (Å²) in [5, 5.41) is 9.02. The number of aryl methyl sites for hydroxylation is 1. The number of hydrogen-bond donors (Lipinski definition) is 0. The lowest BCUT2D eigenvalue weighted by molar-refractivity contribution is -0.140. The number of alkyl halides is 6. The summed E-state index contributed by atoms with van der Waals surface area (Å²) in [6.45, 7) is 7.63. The van der Waals surface area contributed by atoms with E-state index in [2.05, 4.69) is 10.2 Å². The molecule has 0 aliphatic carbocycles. The number of benzene rings is 2. The number of likely N-dealkylation sites (tertiary alicyclic amines) is 2. The van der Waals surface area contributed by atoms with Gasteiger partial charge < -0.3 is 19.6 Å². The molecule has 6 heterocycles. The maximum Gasteiger partial charge on any atom is 0.418 e. The van der Waals surface area contributed by atoms with Crippen LogP contribution >= 0.6 is 0 Å². The Morgan fingerprint density at radius 1 is 0.613 bits per heavy atom. The number of aromatic nitrogens is 4. The molecule has 0 bridgehead atoms. The van der Waals surface area contributed by atoms with Gasteiger partial charge in [0.25, 0.3) is 11.8 Å². The second kappa shape index (κ2) is 15.6. The van der Waals surface area contributed by atoms with Gasteiger partial charge in [-0.15, -0.1) is 0 Å². The van der Waals surface area contributed by atoms with Crippen molar-refractivity contribution in [2.24, 2.45) is 12.5 Å². The molecule has 0 N–H and O–H groups in total. The van der Waals surface area contributed by atoms with Gasteiger partial charge >= 0.3 is 12.4 Å². The highest BCUT2D eigenvalue weighted by Gasteiger charge is 2.44. The van der Waals surface area contributed by atoms with Crippen LogP contribution in [0.15, 0.2) is 42.5 Å². The zero-order valence-corrected chi connectivity index (χ0v) is 35.2. The molecule has 18 heteroatoms. The lowest BCUT2D eigenvalue weighted by Crippen LogP contribution is -2.39. The van der Waals surface area contributed by atoms with Crippen LogP contribution in [0.5, 0.6) is 0 Å². The highest BCUT2D eigenvalue weighted by molar-refractivity contribution is 5.95. The van der Waals surface area contributed by atoms with Gasteiger partial charge in [-0.3, -0.25) is 23.9 Å². The Kier molecular flexibility index (Phi) is 10.8. The van der Waals surface area contributed by atoms with E-state index in [9.17, 15) is 32.3 Å². The molecule has 2 aromatic heterocycles. The van der Waals surface area contributed by atoms with Crippen molar-refractivity contribution in [2.75, 3.05) is 26.2 Å². The summed E-state index contributed by atoms with van der Waals surface area (Å²) >= 11 is 0. The van der Waals surface area contributed by atoms with Gasteiger partial charge in [0.05, 0.1) is 54.4 Å². The van der Waals surface area contributed by atoms with Crippen molar-refractivity contribution in [1.82, 2.24) is 39.2 Å². The lowest BCUT2D eigenvalue weighted by atomic mass is 9.85. The molecule has 2 saturated heterocycles. The molecule has 4 aliphatic rings. The molecule has 4 amide bonds. The molecule has 330 valence electrons. The molecule has 12 nitrogen and oxygen atoms in total. The van der Waals surface area contributed by atoms with Crippen molar-refractivity contribution < 1.29 is 45.5 Å². The monoisotopic (exact) mass is 866 g/mol. The predicted molar refractivity (Wildman–Crippen MR) is 213 cm³/mol. The number of rotatable bonds is 5. The Labute approximate surface area is 354 Å². The summed E-state index contributed by atoms with van der Waals surface area (Å²) in [6, 6.07) is 9.63. The van der Waals surface area contributed by atoms with Crippen LogP contribution < -0.4 is 0 Å². The van der Waals surface area contributed by atoms with E-state index in [1.807, 2.05) is 0 Å². The van der Waals surface area contributed by atoms with Crippen LogP contribution in [0.25, 0.3) is 5.69 Å². The first kappa shape index (κ1) is 43.0. The number of fused-ring (bicyclic) bond motifs is 2. The van der Waals surface area contributed by atoms with Crippen LogP contribution in [0.2, 0.25) is 0 Å². The Hall–Kier alpha value is -5.68. The normalized spacial score (nSPS) is 17.8. The Balaban J connectivity index is 1.08. The zero-order chi connectivity index (χ0) is 44.6. The molecular formula is C44H48F6N8O4. The van der Waals surface area contributed by atoms with Gasteiger partial charge in [-0.25, -0.2) is 4.68 Å². The van der Waals surface area contributed by atoms with Gasteiger partial charge in [0.2, 0.25) is 11.8 Å². The van der Waals surface area contributed by atoms with E-state index in [0.29, 0.717) is 17.7 Å². The van der Waals surface area contributed by atoms with Crippen molar-refractivity contribution in [1.29, 1.82) is 0 Å². The minimum Gasteiger partial charge on any atom is -0.337 e. The standard InChI is InChI=1S/C44H48F6N8O4/c1-25(59)56-21-30-34(23-56)53(5)51-37(30)39(60)54-19-15-27(16-20-54)29-10-8-12-33(36(29)44(48,49)50)58-35-24-57(41(62)42(2,3)4)22-31(35)38(52-58)40(61)55-17-13-26(14-18-55)28-9-6-7-11-32(28)43(45,46)47/h6-12,26-27H,13-24H2,1-5H3. The number of nitrogens with zero attached hydrogens (tertiary/aromatic N) is 8. The molecule has 0 unspecified atom stereocenters. The van der Waals surface area contributed by atoms with E-state index in [1.165, 1.54) is 47.1 Å². The van der Waals surface area contributed by atoms with E-state index in [-0.39, 0.29) is 123 Å². The largest absolute Gasteiger partial charge is 0.418 e. The quantitative estimate of drug-likeness (QED) is 0.193. The third-order valence-corrected chi connectivity index (χ3v) is 12.8. The van der Waals surface area contributed by atoms with Crippen molar-refractivity contribution in [3.63, 3.8) is 0 Å². The Morgan fingerprint density at radius 3 is 1.69 bits per heavy atom. The van der Waals surface area contributed by atoms with Crippen molar-refractivity contribution in [3.8, 4) is 5.69 Å². The third kappa shape index (κ3) is 7.73. The third-order valence-electron chi connectivity index (χ3n) is 12.8.